The van der Waals surface area contributed by atoms with Crippen LogP contribution in [0.15, 0.2) is 24.3 Å². The van der Waals surface area contributed by atoms with Crippen LogP contribution in [0, 0.1) is 12.3 Å². The largest absolute Gasteiger partial charge is 0.352 e. The van der Waals surface area contributed by atoms with Crippen LogP contribution in [0.2, 0.25) is 0 Å². The van der Waals surface area contributed by atoms with Crippen molar-refractivity contribution in [3.63, 3.8) is 0 Å². The number of nitrogens with one attached hydrogen (secondary N) is 1. The molecule has 0 radical (unpaired) electrons. The second-order valence-electron chi connectivity index (χ2n) is 9.44. The van der Waals surface area contributed by atoms with E-state index in [0.717, 1.165) is 72.9 Å². The lowest BCUT2D eigenvalue weighted by Crippen LogP contribution is -2.72. The molecule has 7 nitrogen and oxygen atoms in total. The maximum atomic E-state index is 13.9. The van der Waals surface area contributed by atoms with Gasteiger partial charge in [0.15, 0.2) is 5.41 Å². The number of fused-ring (bicyclic) bond motifs is 5. The quantitative estimate of drug-likeness (QED) is 0.586. The third-order valence-electron chi connectivity index (χ3n) is 7.32. The van der Waals surface area contributed by atoms with Crippen molar-refractivity contribution < 1.29 is 14.4 Å². The van der Waals surface area contributed by atoms with Crippen LogP contribution in [-0.4, -0.2) is 46.9 Å². The molecule has 1 spiro atoms. The summed E-state index contributed by atoms with van der Waals surface area (Å²) < 4.78 is 0. The van der Waals surface area contributed by atoms with Crippen LogP contribution >= 0.6 is 0 Å². The number of carbonyl (C=O) groups is 3. The minimum Gasteiger partial charge on any atom is -0.352 e. The molecule has 1 aromatic carbocycles. The lowest BCUT2D eigenvalue weighted by atomic mass is 9.66. The molecule has 2 aromatic rings. The average molecular weight is 435 g/mol. The average Bonchev–Trinajstić information content (AvgIpc) is 2.78. The highest BCUT2D eigenvalue weighted by Gasteiger charge is 2.62. The Kier molecular flexibility index (Phi) is 5.14. The van der Waals surface area contributed by atoms with Gasteiger partial charge in [-0.25, -0.2) is 9.78 Å². The predicted octanol–water partition coefficient (Wildman–Crippen LogP) is 3.71. The number of nitrogens with zero attached hydrogens (tertiary/aromatic N) is 3. The molecule has 2 atom stereocenters. The van der Waals surface area contributed by atoms with Gasteiger partial charge in [-0.15, -0.1) is 0 Å². The van der Waals surface area contributed by atoms with Crippen LogP contribution in [0.25, 0.3) is 10.9 Å². The second-order valence-corrected chi connectivity index (χ2v) is 9.44. The van der Waals surface area contributed by atoms with Crippen molar-refractivity contribution >= 4 is 34.6 Å². The summed E-state index contributed by atoms with van der Waals surface area (Å²) in [6, 6.07) is 7.38. The van der Waals surface area contributed by atoms with Gasteiger partial charge < -0.3 is 4.90 Å². The summed E-state index contributed by atoms with van der Waals surface area (Å²) in [5, 5.41) is 3.55. The van der Waals surface area contributed by atoms with E-state index in [1.807, 2.05) is 13.0 Å². The number of barbiturate groups is 1. The molecule has 0 bridgehead atoms. The van der Waals surface area contributed by atoms with Crippen LogP contribution in [-0.2, 0) is 16.0 Å². The van der Waals surface area contributed by atoms with Gasteiger partial charge in [0.05, 0.1) is 11.6 Å². The normalized spacial score (nSPS) is 25.2. The molecule has 0 unspecified atom stereocenters. The number of urea groups is 1. The van der Waals surface area contributed by atoms with E-state index in [1.165, 1.54) is 4.90 Å². The number of aromatic nitrogens is 1. The number of aryl methyl sites for hydroxylation is 1. The Balaban J connectivity index is 1.62. The first-order valence-electron chi connectivity index (χ1n) is 11.8. The fourth-order valence-electron chi connectivity index (χ4n) is 5.70. The summed E-state index contributed by atoms with van der Waals surface area (Å²) in [5.41, 5.74) is 1.69. The zero-order chi connectivity index (χ0) is 22.5. The lowest BCUT2D eigenvalue weighted by molar-refractivity contribution is -0.154. The highest BCUT2D eigenvalue weighted by molar-refractivity contribution is 6.20. The maximum Gasteiger partial charge on any atom is 0.330 e. The molecule has 1 N–H and O–H groups in total. The Morgan fingerprint density at radius 3 is 2.81 bits per heavy atom. The van der Waals surface area contributed by atoms with E-state index in [0.29, 0.717) is 6.54 Å². The van der Waals surface area contributed by atoms with Crippen molar-refractivity contribution in [2.24, 2.45) is 5.41 Å². The van der Waals surface area contributed by atoms with E-state index in [2.05, 4.69) is 35.3 Å². The fourth-order valence-corrected chi connectivity index (χ4v) is 5.70. The van der Waals surface area contributed by atoms with Crippen molar-refractivity contribution in [2.45, 2.75) is 64.8 Å². The van der Waals surface area contributed by atoms with Crippen LogP contribution in [0.1, 0.15) is 56.6 Å². The Morgan fingerprint density at radius 2 is 2.00 bits per heavy atom. The van der Waals surface area contributed by atoms with Crippen molar-refractivity contribution in [1.29, 1.82) is 0 Å². The molecule has 4 heterocycles. The van der Waals surface area contributed by atoms with E-state index in [9.17, 15) is 14.4 Å². The van der Waals surface area contributed by atoms with Gasteiger partial charge >= 0.3 is 6.03 Å². The number of carbonyl (C=O) groups excluding carboxylic acids is 3. The first-order valence-corrected chi connectivity index (χ1v) is 11.8. The molecule has 32 heavy (non-hydrogen) atoms. The molecule has 0 saturated carbocycles. The Morgan fingerprint density at radius 1 is 1.16 bits per heavy atom. The van der Waals surface area contributed by atoms with Crippen molar-refractivity contribution in [2.75, 3.05) is 18.0 Å². The van der Waals surface area contributed by atoms with Gasteiger partial charge in [0.1, 0.15) is 5.82 Å². The van der Waals surface area contributed by atoms with Crippen molar-refractivity contribution in [3.05, 3.63) is 35.4 Å². The van der Waals surface area contributed by atoms with Gasteiger partial charge in [-0.05, 0) is 56.4 Å². The monoisotopic (exact) mass is 434 g/mol. The van der Waals surface area contributed by atoms with Crippen LogP contribution < -0.4 is 10.2 Å². The van der Waals surface area contributed by atoms with Crippen LogP contribution in [0.5, 0.6) is 0 Å². The number of pyridine rings is 1. The van der Waals surface area contributed by atoms with E-state index in [4.69, 9.17) is 4.98 Å². The zero-order valence-electron chi connectivity index (χ0n) is 18.8. The molecule has 5 rings (SSSR count). The molecule has 2 saturated heterocycles. The van der Waals surface area contributed by atoms with Gasteiger partial charge in [0.25, 0.3) is 0 Å². The number of piperidine rings is 1. The minimum absolute atomic E-state index is 0.280. The third-order valence-corrected chi connectivity index (χ3v) is 7.32. The molecule has 168 valence electrons. The number of hydrogen-bond donors (Lipinski definition) is 1. The molecule has 2 fully saturated rings. The van der Waals surface area contributed by atoms with Gasteiger partial charge in [-0.3, -0.25) is 19.8 Å². The predicted molar refractivity (Wildman–Crippen MR) is 122 cm³/mol. The molecule has 1 aromatic heterocycles. The van der Waals surface area contributed by atoms with Gasteiger partial charge in [0, 0.05) is 24.9 Å². The first-order chi connectivity index (χ1) is 15.5. The highest BCUT2D eigenvalue weighted by Crippen LogP contribution is 2.47. The topological polar surface area (TPSA) is 82.6 Å². The fraction of sp³-hybridized carbons (Fsp3) is 0.520. The Bertz CT molecular complexity index is 1110. The number of amides is 4. The lowest BCUT2D eigenvalue weighted by Gasteiger charge is -2.53. The number of unbranched alkanes of at least 4 members (excludes halogenated alkanes) is 2. The maximum absolute atomic E-state index is 13.9. The van der Waals surface area contributed by atoms with Gasteiger partial charge in [0.2, 0.25) is 11.8 Å². The van der Waals surface area contributed by atoms with Crippen LogP contribution in [0.3, 0.4) is 0 Å². The zero-order valence-corrected chi connectivity index (χ0v) is 18.8. The number of imide groups is 2. The van der Waals surface area contributed by atoms with Crippen LogP contribution in [0.4, 0.5) is 10.6 Å². The van der Waals surface area contributed by atoms with E-state index in [-0.39, 0.29) is 18.4 Å². The molecule has 3 aliphatic rings. The molecule has 0 aliphatic carbocycles. The molecule has 7 heteroatoms. The summed E-state index contributed by atoms with van der Waals surface area (Å²) in [6.45, 7) is 5.23. The summed E-state index contributed by atoms with van der Waals surface area (Å²) in [7, 11) is 0. The summed E-state index contributed by atoms with van der Waals surface area (Å²) >= 11 is 0. The SMILES string of the molecule is CCCCCN1C(=O)NC(=O)[C@@]2(Cc3cc4cc(C)ccc4nc3N3CCCC[C@H]32)C1=O. The molecule has 4 amide bonds. The molecule has 3 aliphatic heterocycles. The summed E-state index contributed by atoms with van der Waals surface area (Å²) in [5.74, 6) is 0.0899. The molecular formula is C25H30N4O3. The van der Waals surface area contributed by atoms with E-state index < -0.39 is 17.4 Å². The van der Waals surface area contributed by atoms with Gasteiger partial charge in [-0.2, -0.15) is 0 Å². The standard InChI is InChI=1S/C25H30N4O3/c1-3-4-6-12-29-23(31)25(22(30)27-24(29)32)15-18-14-17-13-16(2)9-10-19(17)26-21(18)28-11-7-5-8-20(25)28/h9-10,13-14,20H,3-8,11-12,15H2,1-2H3,(H,27,30,32)/t20-,25-/m0/s1. The van der Waals surface area contributed by atoms with E-state index in [1.54, 1.807) is 0 Å². The van der Waals surface area contributed by atoms with Crippen molar-refractivity contribution in [1.82, 2.24) is 15.2 Å². The number of anilines is 1. The van der Waals surface area contributed by atoms with Crippen molar-refractivity contribution in [3.8, 4) is 0 Å². The van der Waals surface area contributed by atoms with E-state index >= 15 is 0 Å². The Hall–Kier alpha value is -2.96. The minimum atomic E-state index is -1.28. The summed E-state index contributed by atoms with van der Waals surface area (Å²) in [4.78, 5) is 48.3. The third kappa shape index (κ3) is 3.09. The number of hydrogen-bond acceptors (Lipinski definition) is 5. The second kappa shape index (κ2) is 7.87. The highest BCUT2D eigenvalue weighted by atomic mass is 16.2. The molecular weight excluding hydrogens is 404 g/mol. The van der Waals surface area contributed by atoms with Gasteiger partial charge in [-0.1, -0.05) is 31.4 Å². The summed E-state index contributed by atoms with van der Waals surface area (Å²) in [6.07, 6.45) is 5.65. The first kappa shape index (κ1) is 20.9. The Labute approximate surface area is 188 Å². The number of benzene rings is 1. The number of rotatable bonds is 4. The smallest absolute Gasteiger partial charge is 0.330 e.